The summed E-state index contributed by atoms with van der Waals surface area (Å²) in [5.41, 5.74) is 0. The van der Waals surface area contributed by atoms with E-state index in [4.69, 9.17) is 0 Å². The van der Waals surface area contributed by atoms with Gasteiger partial charge >= 0.3 is 12.4 Å². The fourth-order valence-electron chi connectivity index (χ4n) is 0. The molecule has 0 aliphatic heterocycles. The molecule has 0 saturated heterocycles. The number of hydrogen-bond acceptors (Lipinski definition) is 0. The molecule has 1 unspecified atom stereocenters. The molecule has 0 N–H and O–H groups in total. The number of rotatable bonds is 0. The molecule has 0 aromatic heterocycles. The summed E-state index contributed by atoms with van der Waals surface area (Å²) in [5, 5.41) is 0. The molecule has 0 saturated carbocycles. The zero-order chi connectivity index (χ0) is 12.2. The largest absolute Gasteiger partial charge is 0.442 e. The van der Waals surface area contributed by atoms with Crippen LogP contribution in [0.25, 0.3) is 0 Å². The molecule has 0 spiro atoms. The van der Waals surface area contributed by atoms with Gasteiger partial charge in [-0.2, -0.15) is 26.3 Å². The van der Waals surface area contributed by atoms with Crippen LogP contribution in [0.1, 0.15) is 6.92 Å². The lowest BCUT2D eigenvalue weighted by Crippen LogP contribution is -2.20. The normalized spacial score (nSPS) is 14.1. The summed E-state index contributed by atoms with van der Waals surface area (Å²) < 4.78 is 86.5. The van der Waals surface area contributed by atoms with Gasteiger partial charge in [-0.15, -0.1) is 0 Å². The van der Waals surface area contributed by atoms with Crippen molar-refractivity contribution in [3.63, 3.8) is 0 Å². The average molecular weight is 230 g/mol. The highest BCUT2D eigenvalue weighted by Crippen LogP contribution is 2.24. The molecule has 0 nitrogen and oxygen atoms in total. The van der Waals surface area contributed by atoms with Gasteiger partial charge in [-0.3, -0.25) is 0 Å². The first-order valence-electron chi connectivity index (χ1n) is 3.01. The Morgan fingerprint density at radius 2 is 1.21 bits per heavy atom. The van der Waals surface area contributed by atoms with E-state index in [2.05, 4.69) is 0 Å². The van der Waals surface area contributed by atoms with Gasteiger partial charge in [0.2, 0.25) is 0 Å². The molecule has 0 aliphatic rings. The molecule has 1 atom stereocenters. The van der Waals surface area contributed by atoms with Crippen molar-refractivity contribution in [1.82, 2.24) is 0 Å². The summed E-state index contributed by atoms with van der Waals surface area (Å²) in [5.74, 6) is -2.26. The Hall–Kier alpha value is -0.820. The fourth-order valence-corrected chi connectivity index (χ4v) is 0. The molecule has 86 valence electrons. The van der Waals surface area contributed by atoms with Crippen molar-refractivity contribution >= 4 is 0 Å². The van der Waals surface area contributed by atoms with Crippen molar-refractivity contribution in [2.45, 2.75) is 25.4 Å². The van der Waals surface area contributed by atoms with E-state index in [1.807, 2.05) is 6.58 Å². The minimum absolute atomic E-state index is 0.458. The molecular weight excluding hydrogens is 224 g/mol. The minimum atomic E-state index is -4.86. The summed E-state index contributed by atoms with van der Waals surface area (Å²) in [6, 6.07) is 0. The predicted molar refractivity (Wildman–Crippen MR) is 32.9 cm³/mol. The number of hydrogen-bond donors (Lipinski definition) is 0. The predicted octanol–water partition coefficient (Wildman–Crippen LogP) is 3.94. The molecule has 0 bridgehead atoms. The second-order valence-electron chi connectivity index (χ2n) is 2.06. The third-order valence-corrected chi connectivity index (χ3v) is 0.759. The number of halogens is 8. The van der Waals surface area contributed by atoms with Gasteiger partial charge in [0.15, 0.2) is 12.0 Å². The van der Waals surface area contributed by atoms with E-state index in [0.717, 1.165) is 0 Å². The van der Waals surface area contributed by atoms with Gasteiger partial charge in [0.25, 0.3) is 0 Å². The number of alkyl halides is 7. The second kappa shape index (κ2) is 5.16. The maximum Gasteiger partial charge on any atom is 0.442 e. The van der Waals surface area contributed by atoms with E-state index in [-0.39, 0.29) is 0 Å². The topological polar surface area (TPSA) is 0 Å². The van der Waals surface area contributed by atoms with Gasteiger partial charge in [-0.1, -0.05) is 6.58 Å². The summed E-state index contributed by atoms with van der Waals surface area (Å²) >= 11 is 0. The first-order chi connectivity index (χ1) is 5.89. The quantitative estimate of drug-likeness (QED) is 0.553. The van der Waals surface area contributed by atoms with E-state index in [1.54, 1.807) is 0 Å². The van der Waals surface area contributed by atoms with Gasteiger partial charge in [-0.05, 0) is 6.92 Å². The monoisotopic (exact) mass is 230 g/mol. The highest BCUT2D eigenvalue weighted by atomic mass is 19.4. The maximum atomic E-state index is 11.1. The van der Waals surface area contributed by atoms with Crippen LogP contribution in [0.3, 0.4) is 0 Å². The zero-order valence-corrected chi connectivity index (χ0v) is 6.81. The Bertz CT molecular complexity index is 173. The van der Waals surface area contributed by atoms with Crippen molar-refractivity contribution in [3.8, 4) is 0 Å². The highest BCUT2D eigenvalue weighted by Gasteiger charge is 2.35. The highest BCUT2D eigenvalue weighted by molar-refractivity contribution is 4.88. The fraction of sp³-hybridized carbons (Fsp3) is 0.667. The smallest absolute Gasteiger partial charge is 0.238 e. The van der Waals surface area contributed by atoms with Crippen LogP contribution < -0.4 is 0 Å². The van der Waals surface area contributed by atoms with Crippen LogP contribution in [0.5, 0.6) is 0 Å². The Kier molecular flexibility index (Phi) is 5.76. The molecule has 0 aromatic carbocycles. The van der Waals surface area contributed by atoms with Gasteiger partial charge in [-0.25, -0.2) is 8.78 Å². The summed E-state index contributed by atoms with van der Waals surface area (Å²) in [6.07, 6.45) is -12.2. The first-order valence-corrected chi connectivity index (χ1v) is 3.01. The molecular formula is C6H6F8. The lowest BCUT2D eigenvalue weighted by Gasteiger charge is -2.04. The standard InChI is InChI=1S/C3H4F4.C3H2F4/c2*1-2(4)3(5,6)7/h2H,1H3;1H2. The Morgan fingerprint density at radius 3 is 1.21 bits per heavy atom. The van der Waals surface area contributed by atoms with Crippen LogP contribution in [0.4, 0.5) is 35.1 Å². The van der Waals surface area contributed by atoms with Gasteiger partial charge in [0.1, 0.15) is 0 Å². The molecule has 14 heavy (non-hydrogen) atoms. The van der Waals surface area contributed by atoms with E-state index < -0.39 is 24.4 Å². The molecule has 0 aliphatic carbocycles. The van der Waals surface area contributed by atoms with Crippen LogP contribution in [0, 0.1) is 0 Å². The average Bonchev–Trinajstić information content (AvgIpc) is 1.83. The Balaban J connectivity index is 0. The molecule has 8 heteroatoms. The Labute approximate surface area is 74.2 Å². The lowest BCUT2D eigenvalue weighted by atomic mass is 10.4. The summed E-state index contributed by atoms with van der Waals surface area (Å²) in [4.78, 5) is 0. The van der Waals surface area contributed by atoms with Crippen molar-refractivity contribution in [1.29, 1.82) is 0 Å². The molecule has 0 radical (unpaired) electrons. The van der Waals surface area contributed by atoms with Crippen LogP contribution in [-0.2, 0) is 0 Å². The SMILES string of the molecule is C=C(F)C(F)(F)F.CC(F)C(F)(F)F. The second-order valence-corrected chi connectivity index (χ2v) is 2.06. The van der Waals surface area contributed by atoms with Crippen molar-refractivity contribution in [2.24, 2.45) is 0 Å². The first kappa shape index (κ1) is 15.6. The minimum Gasteiger partial charge on any atom is -0.238 e. The molecule has 0 rings (SSSR count). The van der Waals surface area contributed by atoms with Crippen molar-refractivity contribution in [3.05, 3.63) is 12.4 Å². The molecule has 0 amide bonds. The third kappa shape index (κ3) is 9.27. The third-order valence-electron chi connectivity index (χ3n) is 0.759. The molecule has 0 heterocycles. The Morgan fingerprint density at radius 1 is 1.07 bits per heavy atom. The summed E-state index contributed by atoms with van der Waals surface area (Å²) in [7, 11) is 0. The van der Waals surface area contributed by atoms with Gasteiger partial charge in [0, 0.05) is 0 Å². The van der Waals surface area contributed by atoms with Crippen LogP contribution in [-0.4, -0.2) is 18.5 Å². The summed E-state index contributed by atoms with van der Waals surface area (Å²) in [6.45, 7) is 2.49. The van der Waals surface area contributed by atoms with Crippen molar-refractivity contribution in [2.75, 3.05) is 0 Å². The van der Waals surface area contributed by atoms with Gasteiger partial charge < -0.3 is 0 Å². The van der Waals surface area contributed by atoms with E-state index in [9.17, 15) is 35.1 Å². The van der Waals surface area contributed by atoms with Crippen molar-refractivity contribution < 1.29 is 35.1 Å². The van der Waals surface area contributed by atoms with Crippen LogP contribution >= 0.6 is 0 Å². The van der Waals surface area contributed by atoms with Crippen LogP contribution in [0.15, 0.2) is 12.4 Å². The number of allylic oxidation sites excluding steroid dienone is 1. The van der Waals surface area contributed by atoms with Crippen LogP contribution in [0.2, 0.25) is 0 Å². The zero-order valence-electron chi connectivity index (χ0n) is 6.81. The van der Waals surface area contributed by atoms with E-state index in [1.165, 1.54) is 0 Å². The molecule has 0 aromatic rings. The lowest BCUT2D eigenvalue weighted by molar-refractivity contribution is -0.174. The van der Waals surface area contributed by atoms with E-state index in [0.29, 0.717) is 6.92 Å². The van der Waals surface area contributed by atoms with Gasteiger partial charge in [0.05, 0.1) is 0 Å². The maximum absolute atomic E-state index is 11.1. The van der Waals surface area contributed by atoms with E-state index >= 15 is 0 Å². The molecule has 0 fully saturated rings.